The highest BCUT2D eigenvalue weighted by Crippen LogP contribution is 2.33. The van der Waals surface area contributed by atoms with E-state index in [0.29, 0.717) is 11.3 Å². The van der Waals surface area contributed by atoms with Crippen molar-refractivity contribution in [1.29, 1.82) is 0 Å². The largest absolute Gasteiger partial charge is 0.416 e. The molecule has 1 saturated carbocycles. The fraction of sp³-hybridized carbons (Fsp3) is 0.471. The first-order valence-corrected chi connectivity index (χ1v) is 8.22. The van der Waals surface area contributed by atoms with E-state index in [2.05, 4.69) is 15.0 Å². The number of H-pyrrole nitrogens is 2. The van der Waals surface area contributed by atoms with Gasteiger partial charge in [0.2, 0.25) is 0 Å². The molecule has 0 unspecified atom stereocenters. The normalized spacial score (nSPS) is 16.1. The minimum Gasteiger partial charge on any atom is -0.311 e. The molecule has 0 radical (unpaired) electrons. The maximum absolute atomic E-state index is 12.9. The molecule has 25 heavy (non-hydrogen) atoms. The maximum Gasteiger partial charge on any atom is 0.416 e. The van der Waals surface area contributed by atoms with E-state index in [1.165, 1.54) is 0 Å². The first-order chi connectivity index (χ1) is 11.8. The van der Waals surface area contributed by atoms with E-state index in [4.69, 9.17) is 0 Å². The van der Waals surface area contributed by atoms with Crippen molar-refractivity contribution in [3.8, 4) is 0 Å². The Morgan fingerprint density at radius 2 is 1.84 bits per heavy atom. The molecule has 2 aromatic heterocycles. The highest BCUT2D eigenvalue weighted by Gasteiger charge is 2.31. The van der Waals surface area contributed by atoms with Gasteiger partial charge in [0.25, 0.3) is 5.56 Å². The molecule has 2 aromatic rings. The Morgan fingerprint density at radius 1 is 1.12 bits per heavy atom. The third-order valence-corrected chi connectivity index (χ3v) is 4.59. The Kier molecular flexibility index (Phi) is 4.78. The first kappa shape index (κ1) is 17.4. The molecule has 1 fully saturated rings. The Labute approximate surface area is 141 Å². The molecule has 1 aliphatic carbocycles. The Morgan fingerprint density at radius 3 is 2.52 bits per heavy atom. The standard InChI is InChI=1S/C17H18F3N3O2/c18-17(19,20)11-6-7-21-12(8-11)9-13-14(10-4-2-1-3-5-10)22-16(25)23-15(13)24/h6-8,10H,1-5,9H2,(H2,22,23,24,25). The van der Waals surface area contributed by atoms with E-state index in [9.17, 15) is 22.8 Å². The van der Waals surface area contributed by atoms with E-state index >= 15 is 0 Å². The zero-order valence-electron chi connectivity index (χ0n) is 13.4. The lowest BCUT2D eigenvalue weighted by atomic mass is 9.84. The molecule has 2 heterocycles. The van der Waals surface area contributed by atoms with Crippen molar-refractivity contribution in [2.24, 2.45) is 0 Å². The van der Waals surface area contributed by atoms with Gasteiger partial charge < -0.3 is 4.98 Å². The van der Waals surface area contributed by atoms with Crippen LogP contribution in [0.4, 0.5) is 13.2 Å². The Bertz CT molecular complexity index is 864. The molecular formula is C17H18F3N3O2. The number of alkyl halides is 3. The molecule has 0 saturated heterocycles. The molecule has 0 aliphatic heterocycles. The molecule has 0 amide bonds. The summed E-state index contributed by atoms with van der Waals surface area (Å²) in [6.07, 6.45) is 1.36. The van der Waals surface area contributed by atoms with Crippen molar-refractivity contribution >= 4 is 0 Å². The monoisotopic (exact) mass is 353 g/mol. The van der Waals surface area contributed by atoms with Crippen LogP contribution in [0.25, 0.3) is 0 Å². The van der Waals surface area contributed by atoms with Gasteiger partial charge in [0.1, 0.15) is 0 Å². The lowest BCUT2D eigenvalue weighted by Gasteiger charge is -2.23. The van der Waals surface area contributed by atoms with E-state index in [1.54, 1.807) is 0 Å². The molecule has 0 bridgehead atoms. The van der Waals surface area contributed by atoms with Gasteiger partial charge >= 0.3 is 11.9 Å². The second-order valence-corrected chi connectivity index (χ2v) is 6.35. The quantitative estimate of drug-likeness (QED) is 0.890. The lowest BCUT2D eigenvalue weighted by Crippen LogP contribution is -2.30. The molecular weight excluding hydrogens is 335 g/mol. The third kappa shape index (κ3) is 4.00. The fourth-order valence-electron chi connectivity index (χ4n) is 3.38. The van der Waals surface area contributed by atoms with E-state index in [1.807, 2.05) is 0 Å². The van der Waals surface area contributed by atoms with Crippen molar-refractivity contribution in [2.45, 2.75) is 50.6 Å². The predicted molar refractivity (Wildman–Crippen MR) is 85.6 cm³/mol. The van der Waals surface area contributed by atoms with Crippen LogP contribution in [-0.2, 0) is 12.6 Å². The number of halogens is 3. The summed E-state index contributed by atoms with van der Waals surface area (Å²) >= 11 is 0. The van der Waals surface area contributed by atoms with Crippen molar-refractivity contribution in [3.63, 3.8) is 0 Å². The number of aromatic nitrogens is 3. The van der Waals surface area contributed by atoms with Crippen LogP contribution in [-0.4, -0.2) is 15.0 Å². The second kappa shape index (κ2) is 6.85. The third-order valence-electron chi connectivity index (χ3n) is 4.59. The van der Waals surface area contributed by atoms with Crippen LogP contribution in [0.1, 0.15) is 60.5 Å². The highest BCUT2D eigenvalue weighted by molar-refractivity contribution is 5.28. The summed E-state index contributed by atoms with van der Waals surface area (Å²) in [4.78, 5) is 32.7. The summed E-state index contributed by atoms with van der Waals surface area (Å²) in [5, 5.41) is 0. The molecule has 134 valence electrons. The van der Waals surface area contributed by atoms with Crippen LogP contribution in [0.2, 0.25) is 0 Å². The van der Waals surface area contributed by atoms with Gasteiger partial charge in [-0.1, -0.05) is 19.3 Å². The van der Waals surface area contributed by atoms with Gasteiger partial charge in [0, 0.05) is 29.6 Å². The number of aromatic amines is 2. The van der Waals surface area contributed by atoms with Gasteiger partial charge in [-0.25, -0.2) is 4.79 Å². The molecule has 0 aromatic carbocycles. The topological polar surface area (TPSA) is 78.6 Å². The van der Waals surface area contributed by atoms with Crippen LogP contribution >= 0.6 is 0 Å². The van der Waals surface area contributed by atoms with E-state index < -0.39 is 23.0 Å². The van der Waals surface area contributed by atoms with Gasteiger partial charge in [-0.3, -0.25) is 14.8 Å². The Hall–Kier alpha value is -2.38. The SMILES string of the molecule is O=c1[nH]c(C2CCCCC2)c(Cc2cc(C(F)(F)F)ccn2)c(=O)[nH]1. The van der Waals surface area contributed by atoms with Crippen LogP contribution in [0, 0.1) is 0 Å². The molecule has 2 N–H and O–H groups in total. The van der Waals surface area contributed by atoms with Crippen LogP contribution in [0.5, 0.6) is 0 Å². The average molecular weight is 353 g/mol. The number of rotatable bonds is 3. The van der Waals surface area contributed by atoms with Crippen LogP contribution in [0.3, 0.4) is 0 Å². The second-order valence-electron chi connectivity index (χ2n) is 6.35. The first-order valence-electron chi connectivity index (χ1n) is 8.22. The summed E-state index contributed by atoms with van der Waals surface area (Å²) in [7, 11) is 0. The van der Waals surface area contributed by atoms with Crippen molar-refractivity contribution in [2.75, 3.05) is 0 Å². The van der Waals surface area contributed by atoms with E-state index in [0.717, 1.165) is 50.4 Å². The Balaban J connectivity index is 2.00. The van der Waals surface area contributed by atoms with Gasteiger partial charge in [-0.2, -0.15) is 13.2 Å². The number of nitrogens with one attached hydrogen (secondary N) is 2. The number of nitrogens with zero attached hydrogens (tertiary/aromatic N) is 1. The summed E-state index contributed by atoms with van der Waals surface area (Å²) in [6.45, 7) is 0. The van der Waals surface area contributed by atoms with Crippen LogP contribution in [0.15, 0.2) is 27.9 Å². The van der Waals surface area contributed by atoms with Crippen LogP contribution < -0.4 is 11.2 Å². The average Bonchev–Trinajstić information content (AvgIpc) is 2.57. The molecule has 0 spiro atoms. The molecule has 3 rings (SSSR count). The number of pyridine rings is 1. The smallest absolute Gasteiger partial charge is 0.311 e. The molecule has 1 aliphatic rings. The molecule has 0 atom stereocenters. The van der Waals surface area contributed by atoms with Crippen molar-refractivity contribution < 1.29 is 13.2 Å². The zero-order valence-corrected chi connectivity index (χ0v) is 13.4. The summed E-state index contributed by atoms with van der Waals surface area (Å²) in [5.41, 5.74) is -0.997. The van der Waals surface area contributed by atoms with Crippen molar-refractivity contribution in [1.82, 2.24) is 15.0 Å². The minimum atomic E-state index is -4.47. The minimum absolute atomic E-state index is 0.0459. The lowest BCUT2D eigenvalue weighted by molar-refractivity contribution is -0.137. The molecule has 5 nitrogen and oxygen atoms in total. The highest BCUT2D eigenvalue weighted by atomic mass is 19.4. The summed E-state index contributed by atoms with van der Waals surface area (Å²) < 4.78 is 38.6. The van der Waals surface area contributed by atoms with Gasteiger partial charge in [0.05, 0.1) is 5.56 Å². The number of hydrogen-bond acceptors (Lipinski definition) is 3. The fourth-order valence-corrected chi connectivity index (χ4v) is 3.38. The molecule has 8 heteroatoms. The van der Waals surface area contributed by atoms with Gasteiger partial charge in [-0.05, 0) is 30.9 Å². The number of hydrogen-bond donors (Lipinski definition) is 2. The predicted octanol–water partition coefficient (Wildman–Crippen LogP) is 3.12. The van der Waals surface area contributed by atoms with Crippen molar-refractivity contribution in [3.05, 3.63) is 61.7 Å². The summed E-state index contributed by atoms with van der Waals surface area (Å²) in [5.74, 6) is 0.0459. The van der Waals surface area contributed by atoms with E-state index in [-0.39, 0.29) is 18.0 Å². The summed E-state index contributed by atoms with van der Waals surface area (Å²) in [6, 6.07) is 1.83. The maximum atomic E-state index is 12.9. The zero-order chi connectivity index (χ0) is 18.0. The van der Waals surface area contributed by atoms with Gasteiger partial charge in [-0.15, -0.1) is 0 Å². The van der Waals surface area contributed by atoms with Gasteiger partial charge in [0.15, 0.2) is 0 Å².